The Hall–Kier alpha value is -0.200. The Labute approximate surface area is 110 Å². The first-order valence-electron chi connectivity index (χ1n) is 7.08. The first kappa shape index (κ1) is 14.2. The van der Waals surface area contributed by atoms with Crippen LogP contribution in [0.5, 0.6) is 0 Å². The average molecular weight is 257 g/mol. The fourth-order valence-electron chi connectivity index (χ4n) is 2.91. The molecule has 2 fully saturated rings. The van der Waals surface area contributed by atoms with Crippen molar-refractivity contribution in [2.75, 3.05) is 59.7 Å². The Kier molecular flexibility index (Phi) is 5.85. The number of hydrogen-bond donors (Lipinski definition) is 1. The molecule has 2 atom stereocenters. The van der Waals surface area contributed by atoms with E-state index in [1.54, 1.807) is 7.11 Å². The maximum absolute atomic E-state index is 6.11. The lowest BCUT2D eigenvalue weighted by Crippen LogP contribution is -2.45. The van der Waals surface area contributed by atoms with Crippen molar-refractivity contribution in [3.8, 4) is 0 Å². The van der Waals surface area contributed by atoms with Gasteiger partial charge in [-0.3, -0.25) is 4.90 Å². The molecule has 0 radical (unpaired) electrons. The van der Waals surface area contributed by atoms with Gasteiger partial charge in [-0.25, -0.2) is 0 Å². The quantitative estimate of drug-likeness (QED) is 0.711. The lowest BCUT2D eigenvalue weighted by molar-refractivity contribution is 0.0184. The number of nitrogens with zero attached hydrogens (tertiary/aromatic N) is 2. The summed E-state index contributed by atoms with van der Waals surface area (Å²) in [5.74, 6) is 0. The second-order valence-electron chi connectivity index (χ2n) is 5.39. The van der Waals surface area contributed by atoms with E-state index in [2.05, 4.69) is 9.80 Å². The third-order valence-electron chi connectivity index (χ3n) is 4.00. The Bertz CT molecular complexity index is 234. The summed E-state index contributed by atoms with van der Waals surface area (Å²) >= 11 is 0. The van der Waals surface area contributed by atoms with E-state index in [1.165, 1.54) is 19.5 Å². The van der Waals surface area contributed by atoms with Gasteiger partial charge in [-0.05, 0) is 19.4 Å². The zero-order chi connectivity index (χ0) is 12.8. The third kappa shape index (κ3) is 4.17. The number of hydrogen-bond acceptors (Lipinski definition) is 5. The molecule has 0 spiro atoms. The van der Waals surface area contributed by atoms with E-state index < -0.39 is 0 Å². The molecule has 2 unspecified atom stereocenters. The van der Waals surface area contributed by atoms with Crippen LogP contribution in [0.25, 0.3) is 0 Å². The molecule has 0 aromatic carbocycles. The van der Waals surface area contributed by atoms with Gasteiger partial charge >= 0.3 is 0 Å². The Balaban J connectivity index is 1.67. The summed E-state index contributed by atoms with van der Waals surface area (Å²) in [5.41, 5.74) is 6.11. The maximum Gasteiger partial charge on any atom is 0.0594 e. The standard InChI is InChI=1S/C13H27N3O2/c1-17-7-3-12(14)10-15-4-2-13(11-15)16-5-8-18-9-6-16/h12-13H,2-11,14H2,1H3. The van der Waals surface area contributed by atoms with Crippen molar-refractivity contribution < 1.29 is 9.47 Å². The zero-order valence-corrected chi connectivity index (χ0v) is 11.5. The molecule has 18 heavy (non-hydrogen) atoms. The van der Waals surface area contributed by atoms with Gasteiger partial charge < -0.3 is 20.1 Å². The predicted octanol–water partition coefficient (Wildman–Crippen LogP) is -0.243. The van der Waals surface area contributed by atoms with E-state index in [0.717, 1.165) is 45.9 Å². The molecule has 0 amide bonds. The van der Waals surface area contributed by atoms with Crippen LogP contribution in [0.15, 0.2) is 0 Å². The van der Waals surface area contributed by atoms with Crippen LogP contribution < -0.4 is 5.73 Å². The van der Waals surface area contributed by atoms with Gasteiger partial charge in [0.2, 0.25) is 0 Å². The molecule has 2 saturated heterocycles. The summed E-state index contributed by atoms with van der Waals surface area (Å²) in [6.45, 7) is 8.09. The minimum atomic E-state index is 0.244. The second kappa shape index (κ2) is 7.40. The molecule has 0 saturated carbocycles. The van der Waals surface area contributed by atoms with Crippen LogP contribution in [0, 0.1) is 0 Å². The highest BCUT2D eigenvalue weighted by molar-refractivity contribution is 4.85. The van der Waals surface area contributed by atoms with E-state index in [1.807, 2.05) is 0 Å². The molecule has 0 bridgehead atoms. The minimum Gasteiger partial charge on any atom is -0.385 e. The topological polar surface area (TPSA) is 51.0 Å². The van der Waals surface area contributed by atoms with Crippen LogP contribution in [-0.2, 0) is 9.47 Å². The number of methoxy groups -OCH3 is 1. The third-order valence-corrected chi connectivity index (χ3v) is 4.00. The zero-order valence-electron chi connectivity index (χ0n) is 11.5. The number of ether oxygens (including phenoxy) is 2. The highest BCUT2D eigenvalue weighted by Gasteiger charge is 2.29. The molecule has 0 aliphatic carbocycles. The van der Waals surface area contributed by atoms with Crippen molar-refractivity contribution in [1.29, 1.82) is 0 Å². The molecule has 2 rings (SSSR count). The number of morpholine rings is 1. The summed E-state index contributed by atoms with van der Waals surface area (Å²) in [7, 11) is 1.73. The molecule has 2 heterocycles. The normalized spacial score (nSPS) is 28.7. The van der Waals surface area contributed by atoms with Gasteiger partial charge in [-0.15, -0.1) is 0 Å². The van der Waals surface area contributed by atoms with Crippen molar-refractivity contribution in [1.82, 2.24) is 9.80 Å². The highest BCUT2D eigenvalue weighted by Crippen LogP contribution is 2.17. The van der Waals surface area contributed by atoms with Crippen LogP contribution in [-0.4, -0.2) is 81.5 Å². The van der Waals surface area contributed by atoms with Gasteiger partial charge in [-0.2, -0.15) is 0 Å². The van der Waals surface area contributed by atoms with Crippen molar-refractivity contribution >= 4 is 0 Å². The smallest absolute Gasteiger partial charge is 0.0594 e. The molecule has 5 nitrogen and oxygen atoms in total. The molecule has 2 N–H and O–H groups in total. The van der Waals surface area contributed by atoms with Crippen LogP contribution >= 0.6 is 0 Å². The average Bonchev–Trinajstić information content (AvgIpc) is 2.86. The van der Waals surface area contributed by atoms with Gasteiger partial charge in [0.25, 0.3) is 0 Å². The number of likely N-dealkylation sites (tertiary alicyclic amines) is 1. The van der Waals surface area contributed by atoms with Crippen molar-refractivity contribution in [2.45, 2.75) is 24.9 Å². The second-order valence-corrected chi connectivity index (χ2v) is 5.39. The Morgan fingerprint density at radius 3 is 2.83 bits per heavy atom. The van der Waals surface area contributed by atoms with Crippen molar-refractivity contribution in [3.05, 3.63) is 0 Å². The van der Waals surface area contributed by atoms with Crippen LogP contribution in [0.1, 0.15) is 12.8 Å². The molecule has 2 aliphatic heterocycles. The van der Waals surface area contributed by atoms with Crippen molar-refractivity contribution in [2.24, 2.45) is 5.73 Å². The number of rotatable bonds is 6. The van der Waals surface area contributed by atoms with E-state index in [-0.39, 0.29) is 6.04 Å². The monoisotopic (exact) mass is 257 g/mol. The molecule has 5 heteroatoms. The summed E-state index contributed by atoms with van der Waals surface area (Å²) < 4.78 is 10.5. The lowest BCUT2D eigenvalue weighted by atomic mass is 10.2. The Morgan fingerprint density at radius 2 is 2.11 bits per heavy atom. The molecule has 0 aromatic heterocycles. The molecular weight excluding hydrogens is 230 g/mol. The van der Waals surface area contributed by atoms with Crippen LogP contribution in [0.4, 0.5) is 0 Å². The van der Waals surface area contributed by atoms with E-state index in [4.69, 9.17) is 15.2 Å². The van der Waals surface area contributed by atoms with Gasteiger partial charge in [-0.1, -0.05) is 0 Å². The fraction of sp³-hybridized carbons (Fsp3) is 1.00. The van der Waals surface area contributed by atoms with Crippen LogP contribution in [0.3, 0.4) is 0 Å². The molecular formula is C13H27N3O2. The van der Waals surface area contributed by atoms with E-state index >= 15 is 0 Å². The SMILES string of the molecule is COCCC(N)CN1CCC(N2CCOCC2)C1. The predicted molar refractivity (Wildman–Crippen MR) is 71.7 cm³/mol. The largest absolute Gasteiger partial charge is 0.385 e. The summed E-state index contributed by atoms with van der Waals surface area (Å²) in [5, 5.41) is 0. The summed E-state index contributed by atoms with van der Waals surface area (Å²) in [6, 6.07) is 0.955. The van der Waals surface area contributed by atoms with E-state index in [0.29, 0.717) is 6.04 Å². The molecule has 0 aromatic rings. The maximum atomic E-state index is 6.11. The van der Waals surface area contributed by atoms with Crippen molar-refractivity contribution in [3.63, 3.8) is 0 Å². The first-order chi connectivity index (χ1) is 8.79. The molecule has 106 valence electrons. The van der Waals surface area contributed by atoms with Gasteiger partial charge in [0.1, 0.15) is 0 Å². The highest BCUT2D eigenvalue weighted by atomic mass is 16.5. The van der Waals surface area contributed by atoms with Gasteiger partial charge in [0, 0.05) is 52.0 Å². The summed E-state index contributed by atoms with van der Waals surface area (Å²) in [4.78, 5) is 5.07. The van der Waals surface area contributed by atoms with Crippen LogP contribution in [0.2, 0.25) is 0 Å². The summed E-state index contributed by atoms with van der Waals surface area (Å²) in [6.07, 6.45) is 2.23. The lowest BCUT2D eigenvalue weighted by Gasteiger charge is -2.32. The first-order valence-corrected chi connectivity index (χ1v) is 7.08. The number of nitrogens with two attached hydrogens (primary N) is 1. The van der Waals surface area contributed by atoms with Gasteiger partial charge in [0.05, 0.1) is 13.2 Å². The molecule has 2 aliphatic rings. The van der Waals surface area contributed by atoms with Gasteiger partial charge in [0.15, 0.2) is 0 Å². The van der Waals surface area contributed by atoms with E-state index in [9.17, 15) is 0 Å². The fourth-order valence-corrected chi connectivity index (χ4v) is 2.91. The Morgan fingerprint density at radius 1 is 1.33 bits per heavy atom. The minimum absolute atomic E-state index is 0.244.